The van der Waals surface area contributed by atoms with Gasteiger partial charge in [-0.1, -0.05) is 27.2 Å². The van der Waals surface area contributed by atoms with Crippen LogP contribution in [0.15, 0.2) is 0 Å². The minimum absolute atomic E-state index is 0.227. The quantitative estimate of drug-likeness (QED) is 0.660. The first-order chi connectivity index (χ1) is 10.6. The standard InChI is InChI=1S/C17H30N2O4/c1-16(2,3)11-5-4-6-13(11)23-10-17(7-8-17)19-15(22)12(18)9-14(20)21/h11-13H,4-10,18H2,1-3H3,(H,19,22)(H,20,21)/t11?,12-,13?/m0/s1. The zero-order valence-corrected chi connectivity index (χ0v) is 14.4. The minimum Gasteiger partial charge on any atom is -0.481 e. The van der Waals surface area contributed by atoms with Crippen molar-refractivity contribution in [3.63, 3.8) is 0 Å². The molecule has 0 heterocycles. The van der Waals surface area contributed by atoms with Crippen LogP contribution in [-0.2, 0) is 14.3 Å². The van der Waals surface area contributed by atoms with Crippen LogP contribution in [0.2, 0.25) is 0 Å². The maximum Gasteiger partial charge on any atom is 0.305 e. The molecule has 0 bridgehead atoms. The van der Waals surface area contributed by atoms with Crippen LogP contribution in [0.4, 0.5) is 0 Å². The third kappa shape index (κ3) is 4.91. The molecule has 0 aliphatic heterocycles. The van der Waals surface area contributed by atoms with Crippen LogP contribution in [0.1, 0.15) is 59.3 Å². The molecule has 0 aromatic carbocycles. The van der Waals surface area contributed by atoms with Gasteiger partial charge in [-0.2, -0.15) is 0 Å². The number of rotatable bonds is 7. The van der Waals surface area contributed by atoms with Gasteiger partial charge in [-0.15, -0.1) is 0 Å². The van der Waals surface area contributed by atoms with Crippen molar-refractivity contribution in [3.05, 3.63) is 0 Å². The molecule has 0 radical (unpaired) electrons. The highest BCUT2D eigenvalue weighted by atomic mass is 16.5. The summed E-state index contributed by atoms with van der Waals surface area (Å²) in [6.07, 6.45) is 5.09. The first kappa shape index (κ1) is 18.2. The highest BCUT2D eigenvalue weighted by molar-refractivity contribution is 5.86. The van der Waals surface area contributed by atoms with Crippen LogP contribution >= 0.6 is 0 Å². The Labute approximate surface area is 138 Å². The summed E-state index contributed by atoms with van der Waals surface area (Å²) >= 11 is 0. The van der Waals surface area contributed by atoms with Gasteiger partial charge in [0.2, 0.25) is 5.91 Å². The molecule has 4 N–H and O–H groups in total. The molecule has 132 valence electrons. The Hall–Kier alpha value is -1.14. The van der Waals surface area contributed by atoms with E-state index in [0.29, 0.717) is 12.5 Å². The summed E-state index contributed by atoms with van der Waals surface area (Å²) in [5.41, 5.74) is 5.51. The van der Waals surface area contributed by atoms with E-state index in [0.717, 1.165) is 19.3 Å². The summed E-state index contributed by atoms with van der Waals surface area (Å²) in [5, 5.41) is 11.6. The van der Waals surface area contributed by atoms with Gasteiger partial charge in [-0.25, -0.2) is 0 Å². The van der Waals surface area contributed by atoms with Crippen LogP contribution < -0.4 is 11.1 Å². The van der Waals surface area contributed by atoms with E-state index in [-0.39, 0.29) is 23.5 Å². The normalized spacial score (nSPS) is 27.5. The van der Waals surface area contributed by atoms with E-state index in [1.165, 1.54) is 12.8 Å². The van der Waals surface area contributed by atoms with Gasteiger partial charge in [0.25, 0.3) is 0 Å². The molecule has 6 heteroatoms. The lowest BCUT2D eigenvalue weighted by Crippen LogP contribution is -2.49. The molecule has 2 aliphatic carbocycles. The van der Waals surface area contributed by atoms with Crippen molar-refractivity contribution in [1.29, 1.82) is 0 Å². The number of carbonyl (C=O) groups is 2. The number of carboxylic acids is 1. The van der Waals surface area contributed by atoms with E-state index in [1.54, 1.807) is 0 Å². The molecule has 2 fully saturated rings. The zero-order chi connectivity index (χ0) is 17.3. The summed E-state index contributed by atoms with van der Waals surface area (Å²) in [4.78, 5) is 22.6. The van der Waals surface area contributed by atoms with E-state index in [9.17, 15) is 9.59 Å². The molecule has 23 heavy (non-hydrogen) atoms. The van der Waals surface area contributed by atoms with Crippen molar-refractivity contribution in [2.45, 2.75) is 77.0 Å². The first-order valence-electron chi connectivity index (χ1n) is 8.54. The molecule has 2 aliphatic rings. The second-order valence-electron chi connectivity index (χ2n) is 8.23. The lowest BCUT2D eigenvalue weighted by Gasteiger charge is -2.33. The molecule has 0 spiro atoms. The van der Waals surface area contributed by atoms with Crippen molar-refractivity contribution in [1.82, 2.24) is 5.32 Å². The van der Waals surface area contributed by atoms with Crippen molar-refractivity contribution in [2.75, 3.05) is 6.61 Å². The monoisotopic (exact) mass is 326 g/mol. The van der Waals surface area contributed by atoms with Gasteiger partial charge < -0.3 is 20.9 Å². The van der Waals surface area contributed by atoms with Crippen LogP contribution in [0.3, 0.4) is 0 Å². The highest BCUT2D eigenvalue weighted by Gasteiger charge is 2.47. The zero-order valence-electron chi connectivity index (χ0n) is 14.4. The Kier molecular flexibility index (Phi) is 5.36. The van der Waals surface area contributed by atoms with Gasteiger partial charge in [0.1, 0.15) is 0 Å². The molecule has 0 saturated heterocycles. The summed E-state index contributed by atoms with van der Waals surface area (Å²) in [7, 11) is 0. The Morgan fingerprint density at radius 1 is 1.35 bits per heavy atom. The van der Waals surface area contributed by atoms with Gasteiger partial charge in [0.15, 0.2) is 0 Å². The van der Waals surface area contributed by atoms with Gasteiger partial charge in [0, 0.05) is 0 Å². The topological polar surface area (TPSA) is 102 Å². The maximum atomic E-state index is 12.0. The predicted octanol–water partition coefficient (Wildman–Crippen LogP) is 1.67. The van der Waals surface area contributed by atoms with Crippen LogP contribution in [0.25, 0.3) is 0 Å². The highest BCUT2D eigenvalue weighted by Crippen LogP contribution is 2.43. The summed E-state index contributed by atoms with van der Waals surface area (Å²) in [5.74, 6) is -0.914. The number of carbonyl (C=O) groups excluding carboxylic acids is 1. The molecule has 3 atom stereocenters. The van der Waals surface area contributed by atoms with E-state index in [4.69, 9.17) is 15.6 Å². The number of nitrogens with two attached hydrogens (primary N) is 1. The number of hydrogen-bond acceptors (Lipinski definition) is 4. The smallest absolute Gasteiger partial charge is 0.305 e. The summed E-state index contributed by atoms with van der Waals surface area (Å²) in [6.45, 7) is 7.24. The molecule has 0 aromatic heterocycles. The van der Waals surface area contributed by atoms with Crippen molar-refractivity contribution in [3.8, 4) is 0 Å². The fourth-order valence-electron chi connectivity index (χ4n) is 3.47. The van der Waals surface area contributed by atoms with Crippen LogP contribution in [0.5, 0.6) is 0 Å². The number of ether oxygens (including phenoxy) is 1. The Morgan fingerprint density at radius 3 is 2.52 bits per heavy atom. The van der Waals surface area contributed by atoms with Gasteiger partial charge in [-0.05, 0) is 37.0 Å². The molecular formula is C17H30N2O4. The van der Waals surface area contributed by atoms with E-state index < -0.39 is 17.9 Å². The summed E-state index contributed by atoms with van der Waals surface area (Å²) < 4.78 is 6.16. The van der Waals surface area contributed by atoms with Crippen molar-refractivity contribution in [2.24, 2.45) is 17.1 Å². The molecule has 2 saturated carbocycles. The number of hydrogen-bond donors (Lipinski definition) is 3. The van der Waals surface area contributed by atoms with Crippen molar-refractivity contribution < 1.29 is 19.4 Å². The second-order valence-corrected chi connectivity index (χ2v) is 8.23. The van der Waals surface area contributed by atoms with E-state index >= 15 is 0 Å². The molecule has 2 unspecified atom stereocenters. The Bertz CT molecular complexity index is 454. The fraction of sp³-hybridized carbons (Fsp3) is 0.882. The number of amides is 1. The fourth-order valence-corrected chi connectivity index (χ4v) is 3.47. The van der Waals surface area contributed by atoms with Crippen molar-refractivity contribution >= 4 is 11.9 Å². The largest absolute Gasteiger partial charge is 0.481 e. The SMILES string of the molecule is CC(C)(C)C1CCCC1OCC1(NC(=O)[C@@H](N)CC(=O)O)CC1. The van der Waals surface area contributed by atoms with Gasteiger partial charge in [0.05, 0.1) is 30.7 Å². The average molecular weight is 326 g/mol. The molecule has 0 aromatic rings. The molecule has 6 nitrogen and oxygen atoms in total. The Balaban J connectivity index is 1.83. The maximum absolute atomic E-state index is 12.0. The van der Waals surface area contributed by atoms with Gasteiger partial charge in [-0.3, -0.25) is 9.59 Å². The predicted molar refractivity (Wildman–Crippen MR) is 86.9 cm³/mol. The number of carboxylic acid groups (broad SMARTS) is 1. The second kappa shape index (κ2) is 6.77. The third-order valence-electron chi connectivity index (χ3n) is 5.11. The molecule has 2 rings (SSSR count). The number of aliphatic carboxylic acids is 1. The number of nitrogens with one attached hydrogen (secondary N) is 1. The van der Waals surface area contributed by atoms with Crippen LogP contribution in [0, 0.1) is 11.3 Å². The third-order valence-corrected chi connectivity index (χ3v) is 5.11. The lowest BCUT2D eigenvalue weighted by molar-refractivity contribution is -0.139. The first-order valence-corrected chi connectivity index (χ1v) is 8.54. The van der Waals surface area contributed by atoms with Gasteiger partial charge >= 0.3 is 5.97 Å². The molecular weight excluding hydrogens is 296 g/mol. The molecule has 1 amide bonds. The lowest BCUT2D eigenvalue weighted by atomic mass is 9.78. The van der Waals surface area contributed by atoms with E-state index in [1.807, 2.05) is 0 Å². The average Bonchev–Trinajstić information content (AvgIpc) is 2.99. The summed E-state index contributed by atoms with van der Waals surface area (Å²) in [6, 6.07) is -1.00. The van der Waals surface area contributed by atoms with Crippen LogP contribution in [-0.4, -0.2) is 41.3 Å². The Morgan fingerprint density at radius 2 is 2.00 bits per heavy atom. The van der Waals surface area contributed by atoms with E-state index in [2.05, 4.69) is 26.1 Å². The minimum atomic E-state index is -1.06.